The number of rotatable bonds is 2. The van der Waals surface area contributed by atoms with Crippen LogP contribution in [0.25, 0.3) is 0 Å². The standard InChI is InChI=1S/C12H23NO4/c1-11(2,3)17-10(14)13-6-9-7-15-12(4,5)16-8-9/h9H,6-8H2,1-5H3,(H,13,14). The molecule has 0 aromatic heterocycles. The van der Waals surface area contributed by atoms with Crippen LogP contribution < -0.4 is 5.32 Å². The summed E-state index contributed by atoms with van der Waals surface area (Å²) in [7, 11) is 0. The molecule has 0 aromatic rings. The molecule has 0 atom stereocenters. The lowest BCUT2D eigenvalue weighted by Crippen LogP contribution is -2.44. The summed E-state index contributed by atoms with van der Waals surface area (Å²) in [5, 5.41) is 2.72. The van der Waals surface area contributed by atoms with Crippen LogP contribution >= 0.6 is 0 Å². The van der Waals surface area contributed by atoms with E-state index < -0.39 is 17.5 Å². The van der Waals surface area contributed by atoms with E-state index in [1.54, 1.807) is 0 Å². The summed E-state index contributed by atoms with van der Waals surface area (Å²) in [6, 6.07) is 0. The third-order valence-electron chi connectivity index (χ3n) is 2.27. The minimum Gasteiger partial charge on any atom is -0.444 e. The van der Waals surface area contributed by atoms with E-state index in [1.165, 1.54) is 0 Å². The Hall–Kier alpha value is -0.810. The zero-order valence-corrected chi connectivity index (χ0v) is 11.3. The van der Waals surface area contributed by atoms with Gasteiger partial charge in [-0.2, -0.15) is 0 Å². The van der Waals surface area contributed by atoms with Crippen molar-refractivity contribution in [2.75, 3.05) is 19.8 Å². The molecule has 100 valence electrons. The monoisotopic (exact) mass is 245 g/mol. The summed E-state index contributed by atoms with van der Waals surface area (Å²) in [6.45, 7) is 10.9. The Morgan fingerprint density at radius 2 is 1.88 bits per heavy atom. The van der Waals surface area contributed by atoms with E-state index in [4.69, 9.17) is 14.2 Å². The van der Waals surface area contributed by atoms with Crippen molar-refractivity contribution in [2.24, 2.45) is 5.92 Å². The van der Waals surface area contributed by atoms with Crippen LogP contribution in [0, 0.1) is 5.92 Å². The molecule has 17 heavy (non-hydrogen) atoms. The normalized spacial score (nSPS) is 21.0. The molecule has 1 saturated heterocycles. The van der Waals surface area contributed by atoms with E-state index in [-0.39, 0.29) is 5.92 Å². The highest BCUT2D eigenvalue weighted by Crippen LogP contribution is 2.19. The van der Waals surface area contributed by atoms with Crippen molar-refractivity contribution in [1.82, 2.24) is 5.32 Å². The van der Waals surface area contributed by atoms with Crippen LogP contribution in [-0.4, -0.2) is 37.2 Å². The maximum atomic E-state index is 11.4. The zero-order valence-electron chi connectivity index (χ0n) is 11.3. The maximum absolute atomic E-state index is 11.4. The summed E-state index contributed by atoms with van der Waals surface area (Å²) in [5.74, 6) is -0.335. The van der Waals surface area contributed by atoms with Gasteiger partial charge in [-0.05, 0) is 34.6 Å². The largest absolute Gasteiger partial charge is 0.444 e. The second kappa shape index (κ2) is 5.23. The lowest BCUT2D eigenvalue weighted by atomic mass is 10.1. The second-order valence-electron chi connectivity index (χ2n) is 5.77. The van der Waals surface area contributed by atoms with Gasteiger partial charge in [0.1, 0.15) is 5.60 Å². The van der Waals surface area contributed by atoms with Gasteiger partial charge in [0.05, 0.1) is 13.2 Å². The van der Waals surface area contributed by atoms with E-state index in [0.717, 1.165) is 0 Å². The van der Waals surface area contributed by atoms with Gasteiger partial charge in [0.2, 0.25) is 0 Å². The lowest BCUT2D eigenvalue weighted by Gasteiger charge is -2.35. The molecule has 1 fully saturated rings. The number of nitrogens with one attached hydrogen (secondary N) is 1. The van der Waals surface area contributed by atoms with Crippen LogP contribution in [0.3, 0.4) is 0 Å². The molecule has 1 rings (SSSR count). The van der Waals surface area contributed by atoms with E-state index >= 15 is 0 Å². The topological polar surface area (TPSA) is 56.8 Å². The molecule has 1 N–H and O–H groups in total. The van der Waals surface area contributed by atoms with E-state index in [9.17, 15) is 4.79 Å². The highest BCUT2D eigenvalue weighted by atomic mass is 16.7. The molecule has 0 unspecified atom stereocenters. The number of ether oxygens (including phenoxy) is 3. The van der Waals surface area contributed by atoms with Gasteiger partial charge in [-0.25, -0.2) is 4.79 Å². The molecule has 5 nitrogen and oxygen atoms in total. The van der Waals surface area contributed by atoms with Crippen molar-refractivity contribution in [3.8, 4) is 0 Å². The van der Waals surface area contributed by atoms with Crippen LogP contribution in [0.4, 0.5) is 4.79 Å². The molecule has 0 aliphatic carbocycles. The first-order chi connectivity index (χ1) is 7.68. The van der Waals surface area contributed by atoms with Crippen molar-refractivity contribution in [2.45, 2.75) is 46.0 Å². The molecular weight excluding hydrogens is 222 g/mol. The third-order valence-corrected chi connectivity index (χ3v) is 2.27. The quantitative estimate of drug-likeness (QED) is 0.807. The van der Waals surface area contributed by atoms with Gasteiger partial charge in [-0.3, -0.25) is 0 Å². The van der Waals surface area contributed by atoms with Crippen molar-refractivity contribution >= 4 is 6.09 Å². The molecule has 0 aromatic carbocycles. The summed E-state index contributed by atoms with van der Waals surface area (Å²) in [6.07, 6.45) is -0.401. The van der Waals surface area contributed by atoms with E-state index in [1.807, 2.05) is 34.6 Å². The lowest BCUT2D eigenvalue weighted by molar-refractivity contribution is -0.261. The molecular formula is C12H23NO4. The average Bonchev–Trinajstić information content (AvgIpc) is 2.13. The maximum Gasteiger partial charge on any atom is 0.407 e. The number of hydrogen-bond donors (Lipinski definition) is 1. The molecule has 0 saturated carbocycles. The smallest absolute Gasteiger partial charge is 0.407 e. The number of alkyl carbamates (subject to hydrolysis) is 1. The highest BCUT2D eigenvalue weighted by Gasteiger charge is 2.28. The van der Waals surface area contributed by atoms with Crippen LogP contribution in [0.1, 0.15) is 34.6 Å². The molecule has 0 radical (unpaired) electrons. The van der Waals surface area contributed by atoms with Gasteiger partial charge in [0.15, 0.2) is 5.79 Å². The van der Waals surface area contributed by atoms with Crippen molar-refractivity contribution in [3.63, 3.8) is 0 Å². The minimum absolute atomic E-state index is 0.176. The van der Waals surface area contributed by atoms with Gasteiger partial charge in [-0.1, -0.05) is 0 Å². The number of amides is 1. The highest BCUT2D eigenvalue weighted by molar-refractivity contribution is 5.67. The Balaban J connectivity index is 2.22. The third kappa shape index (κ3) is 5.89. The van der Waals surface area contributed by atoms with Crippen molar-refractivity contribution in [3.05, 3.63) is 0 Å². The second-order valence-corrected chi connectivity index (χ2v) is 5.77. The molecule has 0 spiro atoms. The van der Waals surface area contributed by atoms with Crippen LogP contribution in [0.15, 0.2) is 0 Å². The first-order valence-corrected chi connectivity index (χ1v) is 5.93. The first kappa shape index (κ1) is 14.3. The van der Waals surface area contributed by atoms with Gasteiger partial charge in [-0.15, -0.1) is 0 Å². The molecule has 0 bridgehead atoms. The number of hydrogen-bond acceptors (Lipinski definition) is 4. The zero-order chi connectivity index (χ0) is 13.1. The first-order valence-electron chi connectivity index (χ1n) is 5.93. The van der Waals surface area contributed by atoms with Gasteiger partial charge in [0.25, 0.3) is 0 Å². The fourth-order valence-electron chi connectivity index (χ4n) is 1.39. The predicted molar refractivity (Wildman–Crippen MR) is 63.7 cm³/mol. The Kier molecular flexibility index (Phi) is 4.38. The molecule has 1 aliphatic heterocycles. The molecule has 1 aliphatic rings. The SMILES string of the molecule is CC(C)(C)OC(=O)NCC1COC(C)(C)OC1. The number of carbonyl (C=O) groups excluding carboxylic acids is 1. The summed E-state index contributed by atoms with van der Waals surface area (Å²) in [4.78, 5) is 11.4. The van der Waals surface area contributed by atoms with Crippen LogP contribution in [0.5, 0.6) is 0 Å². The fourth-order valence-corrected chi connectivity index (χ4v) is 1.39. The Labute approximate surface area is 103 Å². The average molecular weight is 245 g/mol. The Bertz CT molecular complexity index is 260. The summed E-state index contributed by atoms with van der Waals surface area (Å²) in [5.41, 5.74) is -0.467. The fraction of sp³-hybridized carbons (Fsp3) is 0.917. The molecule has 1 heterocycles. The van der Waals surface area contributed by atoms with E-state index in [0.29, 0.717) is 19.8 Å². The van der Waals surface area contributed by atoms with Crippen LogP contribution in [0.2, 0.25) is 0 Å². The molecule has 5 heteroatoms. The summed E-state index contributed by atoms with van der Waals surface area (Å²) < 4.78 is 16.1. The van der Waals surface area contributed by atoms with Gasteiger partial charge >= 0.3 is 6.09 Å². The Morgan fingerprint density at radius 3 is 2.35 bits per heavy atom. The summed E-state index contributed by atoms with van der Waals surface area (Å²) >= 11 is 0. The molecule has 1 amide bonds. The van der Waals surface area contributed by atoms with Crippen molar-refractivity contribution < 1.29 is 19.0 Å². The van der Waals surface area contributed by atoms with Crippen molar-refractivity contribution in [1.29, 1.82) is 0 Å². The predicted octanol–water partition coefficient (Wildman–Crippen LogP) is 1.91. The van der Waals surface area contributed by atoms with Crippen LogP contribution in [-0.2, 0) is 14.2 Å². The van der Waals surface area contributed by atoms with Gasteiger partial charge in [0, 0.05) is 12.5 Å². The number of carbonyl (C=O) groups is 1. The Morgan fingerprint density at radius 1 is 1.35 bits per heavy atom. The minimum atomic E-state index is -0.511. The van der Waals surface area contributed by atoms with E-state index in [2.05, 4.69) is 5.32 Å². The van der Waals surface area contributed by atoms with Gasteiger partial charge < -0.3 is 19.5 Å².